The average molecular weight is 435 g/mol. The molecule has 3 rings (SSSR count). The maximum atomic E-state index is 12.6. The van der Waals surface area contributed by atoms with Gasteiger partial charge in [0.1, 0.15) is 24.7 Å². The molecule has 3 aromatic rings. The van der Waals surface area contributed by atoms with Crippen molar-refractivity contribution in [2.75, 3.05) is 18.5 Å². The van der Waals surface area contributed by atoms with E-state index in [0.29, 0.717) is 30.4 Å². The lowest BCUT2D eigenvalue weighted by Gasteiger charge is -2.15. The highest BCUT2D eigenvalue weighted by Crippen LogP contribution is 2.23. The maximum Gasteiger partial charge on any atom is 0.257 e. The van der Waals surface area contributed by atoms with Crippen molar-refractivity contribution in [3.05, 3.63) is 90.0 Å². The van der Waals surface area contributed by atoms with Crippen molar-refractivity contribution < 1.29 is 14.3 Å². The first kappa shape index (κ1) is 22.3. The van der Waals surface area contributed by atoms with Crippen LogP contribution in [0.1, 0.15) is 35.7 Å². The monoisotopic (exact) mass is 434 g/mol. The summed E-state index contributed by atoms with van der Waals surface area (Å²) in [6.45, 7) is 4.99. The Hall–Kier alpha value is -3.38. The molecule has 0 unspecified atom stereocenters. The van der Waals surface area contributed by atoms with E-state index in [2.05, 4.69) is 24.5 Å². The number of ether oxygens (including phenoxy) is 2. The first-order valence-electron chi connectivity index (χ1n) is 10.1. The lowest BCUT2D eigenvalue weighted by Crippen LogP contribution is -2.34. The number of para-hydroxylation sites is 2. The Balaban J connectivity index is 1.52. The Morgan fingerprint density at radius 3 is 2.26 bits per heavy atom. The van der Waals surface area contributed by atoms with Gasteiger partial charge in [-0.2, -0.15) is 0 Å². The van der Waals surface area contributed by atoms with E-state index < -0.39 is 0 Å². The number of nitrogens with one attached hydrogen (secondary N) is 2. The zero-order valence-electron chi connectivity index (χ0n) is 17.6. The summed E-state index contributed by atoms with van der Waals surface area (Å²) in [6.07, 6.45) is 0. The van der Waals surface area contributed by atoms with Gasteiger partial charge in [-0.25, -0.2) is 0 Å². The molecule has 2 N–H and O–H groups in total. The number of carbonyl (C=O) groups is 1. The second-order valence-electron chi connectivity index (χ2n) is 7.19. The maximum absolute atomic E-state index is 12.6. The smallest absolute Gasteiger partial charge is 0.257 e. The minimum atomic E-state index is -0.300. The number of amides is 1. The van der Waals surface area contributed by atoms with Gasteiger partial charge in [0, 0.05) is 11.3 Å². The molecule has 160 valence electrons. The summed E-state index contributed by atoms with van der Waals surface area (Å²) in [5.74, 6) is 1.42. The van der Waals surface area contributed by atoms with Gasteiger partial charge in [-0.15, -0.1) is 0 Å². The van der Waals surface area contributed by atoms with Crippen LogP contribution >= 0.6 is 12.2 Å². The van der Waals surface area contributed by atoms with Crippen LogP contribution in [0.25, 0.3) is 0 Å². The van der Waals surface area contributed by atoms with E-state index in [1.807, 2.05) is 54.6 Å². The topological polar surface area (TPSA) is 59.6 Å². The molecule has 0 radical (unpaired) electrons. The summed E-state index contributed by atoms with van der Waals surface area (Å²) in [5.41, 5.74) is 2.48. The van der Waals surface area contributed by atoms with Crippen molar-refractivity contribution in [1.29, 1.82) is 0 Å². The Kier molecular flexibility index (Phi) is 8.01. The van der Waals surface area contributed by atoms with Crippen LogP contribution in [0.4, 0.5) is 5.69 Å². The number of benzene rings is 3. The predicted octanol–water partition coefficient (Wildman–Crippen LogP) is 5.39. The molecule has 0 fully saturated rings. The van der Waals surface area contributed by atoms with Gasteiger partial charge in [-0.3, -0.25) is 10.1 Å². The van der Waals surface area contributed by atoms with Crippen molar-refractivity contribution in [2.45, 2.75) is 19.8 Å². The minimum Gasteiger partial charge on any atom is -0.490 e. The van der Waals surface area contributed by atoms with Crippen LogP contribution in [0.2, 0.25) is 0 Å². The van der Waals surface area contributed by atoms with E-state index in [1.54, 1.807) is 24.3 Å². The Bertz CT molecular complexity index is 1020. The molecule has 0 heterocycles. The molecule has 3 aromatic carbocycles. The second kappa shape index (κ2) is 11.1. The van der Waals surface area contributed by atoms with E-state index in [0.717, 1.165) is 17.0 Å². The SMILES string of the molecule is CC(C)c1ccccc1NC(=S)NC(=O)c1cccc(OCCOc2ccccc2)c1. The van der Waals surface area contributed by atoms with Gasteiger partial charge < -0.3 is 14.8 Å². The number of anilines is 1. The summed E-state index contributed by atoms with van der Waals surface area (Å²) in [6, 6.07) is 24.4. The number of thiocarbonyl (C=S) groups is 1. The molecule has 0 spiro atoms. The minimum absolute atomic E-state index is 0.251. The van der Waals surface area contributed by atoms with Gasteiger partial charge in [0.25, 0.3) is 5.91 Å². The van der Waals surface area contributed by atoms with Crippen LogP contribution in [-0.4, -0.2) is 24.2 Å². The Morgan fingerprint density at radius 1 is 0.871 bits per heavy atom. The van der Waals surface area contributed by atoms with Crippen molar-refractivity contribution in [3.8, 4) is 11.5 Å². The number of hydrogen-bond acceptors (Lipinski definition) is 4. The molecule has 0 aromatic heterocycles. The molecule has 6 heteroatoms. The fourth-order valence-electron chi connectivity index (χ4n) is 3.01. The highest BCUT2D eigenvalue weighted by Gasteiger charge is 2.11. The summed E-state index contributed by atoms with van der Waals surface area (Å²) < 4.78 is 11.3. The second-order valence-corrected chi connectivity index (χ2v) is 7.60. The zero-order valence-corrected chi connectivity index (χ0v) is 18.4. The fourth-order valence-corrected chi connectivity index (χ4v) is 3.21. The highest BCUT2D eigenvalue weighted by molar-refractivity contribution is 7.80. The van der Waals surface area contributed by atoms with Gasteiger partial charge in [0.05, 0.1) is 0 Å². The molecule has 0 aliphatic rings. The van der Waals surface area contributed by atoms with Gasteiger partial charge in [0.2, 0.25) is 0 Å². The van der Waals surface area contributed by atoms with E-state index in [9.17, 15) is 4.79 Å². The van der Waals surface area contributed by atoms with Gasteiger partial charge in [-0.05, 0) is 60.1 Å². The standard InChI is InChI=1S/C25H26N2O3S/c1-18(2)22-13-6-7-14-23(22)26-25(31)27-24(28)19-9-8-12-21(17-19)30-16-15-29-20-10-4-3-5-11-20/h3-14,17-18H,15-16H2,1-2H3,(H2,26,27,28,31). The summed E-state index contributed by atoms with van der Waals surface area (Å²) in [7, 11) is 0. The first-order valence-corrected chi connectivity index (χ1v) is 10.6. The molecule has 0 atom stereocenters. The third-order valence-corrected chi connectivity index (χ3v) is 4.72. The Labute approximate surface area is 188 Å². The van der Waals surface area contributed by atoms with Gasteiger partial charge in [0.15, 0.2) is 5.11 Å². The largest absolute Gasteiger partial charge is 0.490 e. The molecule has 0 saturated carbocycles. The number of carbonyl (C=O) groups excluding carboxylic acids is 1. The van der Waals surface area contributed by atoms with Crippen LogP contribution in [0.15, 0.2) is 78.9 Å². The van der Waals surface area contributed by atoms with Crippen LogP contribution in [0.5, 0.6) is 11.5 Å². The van der Waals surface area contributed by atoms with Crippen LogP contribution in [0.3, 0.4) is 0 Å². The molecular formula is C25H26N2O3S. The summed E-state index contributed by atoms with van der Waals surface area (Å²) in [5, 5.41) is 6.09. The molecule has 5 nitrogen and oxygen atoms in total. The summed E-state index contributed by atoms with van der Waals surface area (Å²) >= 11 is 5.33. The lowest BCUT2D eigenvalue weighted by atomic mass is 10.0. The quantitative estimate of drug-likeness (QED) is 0.367. The van der Waals surface area contributed by atoms with Gasteiger partial charge in [-0.1, -0.05) is 56.3 Å². The van der Waals surface area contributed by atoms with Crippen molar-refractivity contribution in [2.24, 2.45) is 0 Å². The van der Waals surface area contributed by atoms with E-state index in [1.165, 1.54) is 0 Å². The fraction of sp³-hybridized carbons (Fsp3) is 0.200. The highest BCUT2D eigenvalue weighted by atomic mass is 32.1. The van der Waals surface area contributed by atoms with Crippen LogP contribution in [0, 0.1) is 0 Å². The van der Waals surface area contributed by atoms with Crippen molar-refractivity contribution >= 4 is 28.9 Å². The number of hydrogen-bond donors (Lipinski definition) is 2. The zero-order chi connectivity index (χ0) is 22.1. The molecule has 0 aliphatic carbocycles. The van der Waals surface area contributed by atoms with Crippen LogP contribution < -0.4 is 20.1 Å². The number of rotatable bonds is 8. The predicted molar refractivity (Wildman–Crippen MR) is 128 cm³/mol. The van der Waals surface area contributed by atoms with E-state index >= 15 is 0 Å². The third kappa shape index (κ3) is 6.83. The first-order chi connectivity index (χ1) is 15.0. The van der Waals surface area contributed by atoms with E-state index in [-0.39, 0.29) is 11.0 Å². The van der Waals surface area contributed by atoms with Crippen molar-refractivity contribution in [1.82, 2.24) is 5.32 Å². The molecule has 0 saturated heterocycles. The van der Waals surface area contributed by atoms with Crippen LogP contribution in [-0.2, 0) is 0 Å². The molecule has 0 bridgehead atoms. The van der Waals surface area contributed by atoms with Crippen molar-refractivity contribution in [3.63, 3.8) is 0 Å². The average Bonchev–Trinajstić information content (AvgIpc) is 2.78. The molecular weight excluding hydrogens is 408 g/mol. The normalized spacial score (nSPS) is 10.4. The third-order valence-electron chi connectivity index (χ3n) is 4.52. The summed E-state index contributed by atoms with van der Waals surface area (Å²) in [4.78, 5) is 12.6. The lowest BCUT2D eigenvalue weighted by molar-refractivity contribution is 0.0977. The molecule has 31 heavy (non-hydrogen) atoms. The van der Waals surface area contributed by atoms with Gasteiger partial charge >= 0.3 is 0 Å². The molecule has 0 aliphatic heterocycles. The molecule has 1 amide bonds. The van der Waals surface area contributed by atoms with E-state index in [4.69, 9.17) is 21.7 Å². The Morgan fingerprint density at radius 2 is 1.52 bits per heavy atom.